The van der Waals surface area contributed by atoms with Gasteiger partial charge < -0.3 is 15.0 Å². The summed E-state index contributed by atoms with van der Waals surface area (Å²) in [7, 11) is 1.60. The van der Waals surface area contributed by atoms with Gasteiger partial charge in [-0.1, -0.05) is 12.1 Å². The van der Waals surface area contributed by atoms with Gasteiger partial charge in [-0.2, -0.15) is 13.5 Å². The van der Waals surface area contributed by atoms with Gasteiger partial charge in [-0.25, -0.2) is 13.6 Å². The van der Waals surface area contributed by atoms with E-state index in [2.05, 4.69) is 5.32 Å². The molecule has 1 aliphatic rings. The number of nitrogens with zero attached hydrogens (tertiary/aromatic N) is 1. The molecule has 3 rings (SSSR count). The molecule has 8 heteroatoms. The lowest BCUT2D eigenvalue weighted by Crippen LogP contribution is -2.50. The SMILES string of the molecule is CN(C(=O)[C@H](Cc1cc(F)cc(F)c1)NC(=O)OC(C)(C)C)c1ccc(C2CC2)cc1.S. The van der Waals surface area contributed by atoms with Crippen LogP contribution in [0.3, 0.4) is 0 Å². The number of carbonyl (C=O) groups is 2. The molecule has 2 amide bonds. The van der Waals surface area contributed by atoms with Crippen LogP contribution >= 0.6 is 13.5 Å². The van der Waals surface area contributed by atoms with E-state index in [-0.39, 0.29) is 25.5 Å². The fraction of sp³-hybridized carbons (Fsp3) is 0.417. The standard InChI is InChI=1S/C24H28F2N2O3.H2S/c1-24(2,3)31-23(30)27-21(13-15-11-18(25)14-19(26)12-15)22(29)28(4)20-9-7-17(8-10-20)16-5-6-16;/h7-12,14,16,21H,5-6,13H2,1-4H3,(H,27,30);1H2/t21-;/m0./s1. The average molecular weight is 465 g/mol. The number of ether oxygens (including phenoxy) is 1. The molecule has 174 valence electrons. The molecule has 0 radical (unpaired) electrons. The molecule has 0 spiro atoms. The number of carbonyl (C=O) groups excluding carboxylic acids is 2. The summed E-state index contributed by atoms with van der Waals surface area (Å²) >= 11 is 0. The Labute approximate surface area is 194 Å². The first-order valence-electron chi connectivity index (χ1n) is 10.3. The highest BCUT2D eigenvalue weighted by molar-refractivity contribution is 7.59. The van der Waals surface area contributed by atoms with Crippen LogP contribution in [0.25, 0.3) is 0 Å². The zero-order chi connectivity index (χ0) is 22.8. The first kappa shape index (κ1) is 25.6. The van der Waals surface area contributed by atoms with E-state index in [9.17, 15) is 18.4 Å². The highest BCUT2D eigenvalue weighted by atomic mass is 32.1. The number of hydrogen-bond donors (Lipinski definition) is 1. The minimum Gasteiger partial charge on any atom is -0.444 e. The minimum absolute atomic E-state index is 0. The van der Waals surface area contributed by atoms with Crippen LogP contribution in [0.1, 0.15) is 50.7 Å². The van der Waals surface area contributed by atoms with Crippen molar-refractivity contribution >= 4 is 31.2 Å². The van der Waals surface area contributed by atoms with E-state index in [0.29, 0.717) is 11.6 Å². The number of nitrogens with one attached hydrogen (secondary N) is 1. The van der Waals surface area contributed by atoms with Crippen LogP contribution < -0.4 is 10.2 Å². The monoisotopic (exact) mass is 464 g/mol. The molecule has 1 fully saturated rings. The fourth-order valence-electron chi connectivity index (χ4n) is 3.36. The molecule has 0 aromatic heterocycles. The third kappa shape index (κ3) is 7.22. The van der Waals surface area contributed by atoms with Crippen molar-refractivity contribution in [2.75, 3.05) is 11.9 Å². The number of anilines is 1. The summed E-state index contributed by atoms with van der Waals surface area (Å²) in [6, 6.07) is 9.69. The lowest BCUT2D eigenvalue weighted by molar-refractivity contribution is -0.120. The predicted molar refractivity (Wildman–Crippen MR) is 125 cm³/mol. The molecule has 1 atom stereocenters. The highest BCUT2D eigenvalue weighted by Gasteiger charge is 2.28. The van der Waals surface area contributed by atoms with Gasteiger partial charge in [-0.3, -0.25) is 4.79 Å². The minimum atomic E-state index is -1.07. The Morgan fingerprint density at radius 2 is 1.66 bits per heavy atom. The zero-order valence-corrected chi connectivity index (χ0v) is 19.7. The first-order valence-corrected chi connectivity index (χ1v) is 10.3. The lowest BCUT2D eigenvalue weighted by atomic mass is 10.0. The van der Waals surface area contributed by atoms with Crippen molar-refractivity contribution in [1.29, 1.82) is 0 Å². The first-order chi connectivity index (χ1) is 14.5. The zero-order valence-electron chi connectivity index (χ0n) is 18.7. The average Bonchev–Trinajstić information content (AvgIpc) is 3.49. The summed E-state index contributed by atoms with van der Waals surface area (Å²) in [6.45, 7) is 5.12. The molecule has 1 N–H and O–H groups in total. The normalized spacial score (nSPS) is 14.2. The summed E-state index contributed by atoms with van der Waals surface area (Å²) in [6.07, 6.45) is 1.50. The molecule has 2 aromatic rings. The molecule has 0 bridgehead atoms. The number of halogens is 2. The Morgan fingerprint density at radius 1 is 1.09 bits per heavy atom. The largest absolute Gasteiger partial charge is 0.444 e. The second-order valence-corrected chi connectivity index (χ2v) is 8.94. The molecule has 0 aliphatic heterocycles. The Hall–Kier alpha value is -2.61. The smallest absolute Gasteiger partial charge is 0.408 e. The van der Waals surface area contributed by atoms with Crippen LogP contribution in [-0.4, -0.2) is 30.7 Å². The fourth-order valence-corrected chi connectivity index (χ4v) is 3.36. The predicted octanol–water partition coefficient (Wildman–Crippen LogP) is 5.05. The van der Waals surface area contributed by atoms with Crippen LogP contribution in [0.4, 0.5) is 19.3 Å². The van der Waals surface area contributed by atoms with Crippen molar-refractivity contribution in [3.63, 3.8) is 0 Å². The van der Waals surface area contributed by atoms with Gasteiger partial charge in [0.15, 0.2) is 0 Å². The van der Waals surface area contributed by atoms with E-state index < -0.39 is 35.3 Å². The summed E-state index contributed by atoms with van der Waals surface area (Å²) in [5, 5.41) is 2.55. The van der Waals surface area contributed by atoms with Crippen LogP contribution in [0.2, 0.25) is 0 Å². The van der Waals surface area contributed by atoms with Gasteiger partial charge in [0.1, 0.15) is 23.3 Å². The molecule has 0 heterocycles. The molecule has 32 heavy (non-hydrogen) atoms. The number of benzene rings is 2. The number of alkyl carbamates (subject to hydrolysis) is 1. The van der Waals surface area contributed by atoms with Gasteiger partial charge in [-0.15, -0.1) is 0 Å². The van der Waals surface area contributed by atoms with Crippen LogP contribution in [0, 0.1) is 11.6 Å². The van der Waals surface area contributed by atoms with Crippen molar-refractivity contribution in [3.8, 4) is 0 Å². The second kappa shape index (κ2) is 10.3. The van der Waals surface area contributed by atoms with Crippen molar-refractivity contribution in [2.45, 2.75) is 57.6 Å². The van der Waals surface area contributed by atoms with E-state index >= 15 is 0 Å². The Balaban J connectivity index is 0.00000363. The number of rotatable bonds is 6. The highest BCUT2D eigenvalue weighted by Crippen LogP contribution is 2.40. The maximum absolute atomic E-state index is 13.6. The van der Waals surface area contributed by atoms with E-state index in [1.807, 2.05) is 24.3 Å². The van der Waals surface area contributed by atoms with Crippen molar-refractivity contribution < 1.29 is 23.1 Å². The van der Waals surface area contributed by atoms with E-state index in [1.165, 1.54) is 23.3 Å². The molecular weight excluding hydrogens is 434 g/mol. The lowest BCUT2D eigenvalue weighted by Gasteiger charge is -2.27. The van der Waals surface area contributed by atoms with Crippen molar-refractivity contribution in [3.05, 3.63) is 65.2 Å². The van der Waals surface area contributed by atoms with Gasteiger partial charge in [0.05, 0.1) is 0 Å². The third-order valence-electron chi connectivity index (χ3n) is 5.01. The van der Waals surface area contributed by atoms with Gasteiger partial charge >= 0.3 is 6.09 Å². The van der Waals surface area contributed by atoms with Crippen molar-refractivity contribution in [1.82, 2.24) is 5.32 Å². The summed E-state index contributed by atoms with van der Waals surface area (Å²) in [4.78, 5) is 27.0. The number of hydrogen-bond acceptors (Lipinski definition) is 3. The van der Waals surface area contributed by atoms with E-state index in [1.54, 1.807) is 27.8 Å². The van der Waals surface area contributed by atoms with Gasteiger partial charge in [0, 0.05) is 25.2 Å². The van der Waals surface area contributed by atoms with E-state index in [0.717, 1.165) is 18.2 Å². The third-order valence-corrected chi connectivity index (χ3v) is 5.01. The quantitative estimate of drug-likeness (QED) is 0.651. The number of amides is 2. The Bertz CT molecular complexity index is 936. The molecule has 0 unspecified atom stereocenters. The van der Waals surface area contributed by atoms with E-state index in [4.69, 9.17) is 4.74 Å². The van der Waals surface area contributed by atoms with Gasteiger partial charge in [0.25, 0.3) is 0 Å². The topological polar surface area (TPSA) is 58.6 Å². The molecule has 2 aromatic carbocycles. The van der Waals surface area contributed by atoms with Crippen LogP contribution in [-0.2, 0) is 16.0 Å². The summed E-state index contributed by atoms with van der Waals surface area (Å²) in [5.41, 5.74) is 1.40. The Morgan fingerprint density at radius 3 is 2.16 bits per heavy atom. The molecule has 1 saturated carbocycles. The van der Waals surface area contributed by atoms with Crippen LogP contribution in [0.15, 0.2) is 42.5 Å². The Kier molecular flexibility index (Phi) is 8.29. The summed E-state index contributed by atoms with van der Waals surface area (Å²) in [5.74, 6) is -1.32. The van der Waals surface area contributed by atoms with Crippen LogP contribution in [0.5, 0.6) is 0 Å². The van der Waals surface area contributed by atoms with Crippen molar-refractivity contribution in [2.24, 2.45) is 0 Å². The molecule has 1 aliphatic carbocycles. The number of likely N-dealkylation sites (N-methyl/N-ethyl adjacent to an activating group) is 1. The maximum Gasteiger partial charge on any atom is 0.408 e. The maximum atomic E-state index is 13.6. The van der Waals surface area contributed by atoms with Gasteiger partial charge in [0.2, 0.25) is 5.91 Å². The van der Waals surface area contributed by atoms with Gasteiger partial charge in [-0.05, 0) is 74.9 Å². The molecule has 0 saturated heterocycles. The second-order valence-electron chi connectivity index (χ2n) is 8.94. The summed E-state index contributed by atoms with van der Waals surface area (Å²) < 4.78 is 32.6. The molecular formula is C24H30F2N2O3S. The molecule has 5 nitrogen and oxygen atoms in total.